The van der Waals surface area contributed by atoms with E-state index < -0.39 is 15.7 Å². The minimum absolute atomic E-state index is 0.0800. The lowest BCUT2D eigenvalue weighted by atomic mass is 9.93. The first-order valence-corrected chi connectivity index (χ1v) is 7.62. The fraction of sp³-hybridized carbons (Fsp3) is 1.00. The second kappa shape index (κ2) is 5.22. The monoisotopic (exact) mass is 263 g/mol. The smallest absolute Gasteiger partial charge is 0.280 e. The van der Waals surface area contributed by atoms with Crippen LogP contribution in [-0.2, 0) is 10.2 Å². The van der Waals surface area contributed by atoms with E-state index in [1.54, 1.807) is 0 Å². The summed E-state index contributed by atoms with van der Waals surface area (Å²) in [7, 11) is -3.43. The Hall–Kier alpha value is -0.170. The molecule has 0 aliphatic carbocycles. The molecule has 0 radical (unpaired) electrons. The lowest BCUT2D eigenvalue weighted by Crippen LogP contribution is -2.57. The van der Waals surface area contributed by atoms with Crippen molar-refractivity contribution in [3.8, 4) is 0 Å². The van der Waals surface area contributed by atoms with E-state index in [1.807, 2.05) is 20.8 Å². The quantitative estimate of drug-likeness (QED) is 0.786. The first-order chi connectivity index (χ1) is 7.67. The van der Waals surface area contributed by atoms with Crippen LogP contribution < -0.4 is 10.5 Å². The molecule has 1 aliphatic heterocycles. The van der Waals surface area contributed by atoms with Crippen LogP contribution in [0.3, 0.4) is 0 Å². The standard InChI is InChI=1S/C11H25N3O2S/c1-9-6-5-7-14(10(9)8-12)17(15,16)13-11(2,3)4/h9-10,13H,5-8,12H2,1-4H3. The van der Waals surface area contributed by atoms with Crippen LogP contribution >= 0.6 is 0 Å². The van der Waals surface area contributed by atoms with E-state index in [4.69, 9.17) is 5.73 Å². The highest BCUT2D eigenvalue weighted by Crippen LogP contribution is 2.25. The van der Waals surface area contributed by atoms with Crippen molar-refractivity contribution in [2.45, 2.75) is 52.1 Å². The highest BCUT2D eigenvalue weighted by molar-refractivity contribution is 7.87. The topological polar surface area (TPSA) is 75.4 Å². The first kappa shape index (κ1) is 14.9. The molecule has 0 amide bonds. The SMILES string of the molecule is CC1CCCN(S(=O)(=O)NC(C)(C)C)C1CN. The van der Waals surface area contributed by atoms with Crippen molar-refractivity contribution in [3.63, 3.8) is 0 Å². The molecule has 17 heavy (non-hydrogen) atoms. The van der Waals surface area contributed by atoms with Gasteiger partial charge in [-0.25, -0.2) is 0 Å². The minimum atomic E-state index is -3.43. The Morgan fingerprint density at radius 2 is 2.00 bits per heavy atom. The Kier molecular flexibility index (Phi) is 4.57. The number of rotatable bonds is 3. The molecule has 2 atom stereocenters. The van der Waals surface area contributed by atoms with Gasteiger partial charge in [0.1, 0.15) is 0 Å². The minimum Gasteiger partial charge on any atom is -0.329 e. The molecule has 1 aliphatic rings. The lowest BCUT2D eigenvalue weighted by Gasteiger charge is -2.39. The molecule has 5 nitrogen and oxygen atoms in total. The van der Waals surface area contributed by atoms with E-state index in [0.717, 1.165) is 12.8 Å². The van der Waals surface area contributed by atoms with Gasteiger partial charge in [-0.2, -0.15) is 17.4 Å². The number of nitrogens with two attached hydrogens (primary N) is 1. The molecule has 0 aromatic heterocycles. The van der Waals surface area contributed by atoms with E-state index >= 15 is 0 Å². The fourth-order valence-electron chi connectivity index (χ4n) is 2.31. The van der Waals surface area contributed by atoms with Crippen LogP contribution in [0.25, 0.3) is 0 Å². The third-order valence-electron chi connectivity index (χ3n) is 3.05. The maximum Gasteiger partial charge on any atom is 0.280 e. The van der Waals surface area contributed by atoms with E-state index in [0.29, 0.717) is 19.0 Å². The Morgan fingerprint density at radius 3 is 2.47 bits per heavy atom. The third kappa shape index (κ3) is 3.91. The lowest BCUT2D eigenvalue weighted by molar-refractivity contribution is 0.188. The Labute approximate surface area is 105 Å². The summed E-state index contributed by atoms with van der Waals surface area (Å²) in [6, 6.07) is -0.0800. The molecule has 0 aromatic rings. The average Bonchev–Trinajstić information content (AvgIpc) is 2.13. The largest absolute Gasteiger partial charge is 0.329 e. The molecule has 0 bridgehead atoms. The van der Waals surface area contributed by atoms with Crippen molar-refractivity contribution in [1.82, 2.24) is 9.03 Å². The van der Waals surface area contributed by atoms with Crippen molar-refractivity contribution >= 4 is 10.2 Å². The Morgan fingerprint density at radius 1 is 1.41 bits per heavy atom. The first-order valence-electron chi connectivity index (χ1n) is 6.18. The van der Waals surface area contributed by atoms with E-state index in [1.165, 1.54) is 4.31 Å². The summed E-state index contributed by atoms with van der Waals surface area (Å²) in [5, 5.41) is 0. The van der Waals surface area contributed by atoms with E-state index in [9.17, 15) is 8.42 Å². The molecule has 6 heteroatoms. The van der Waals surface area contributed by atoms with Gasteiger partial charge in [-0.15, -0.1) is 0 Å². The third-order valence-corrected chi connectivity index (χ3v) is 4.99. The summed E-state index contributed by atoms with van der Waals surface area (Å²) < 4.78 is 28.8. The van der Waals surface area contributed by atoms with Gasteiger partial charge in [0.05, 0.1) is 0 Å². The van der Waals surface area contributed by atoms with Gasteiger partial charge >= 0.3 is 0 Å². The van der Waals surface area contributed by atoms with Gasteiger partial charge in [-0.3, -0.25) is 0 Å². The van der Waals surface area contributed by atoms with Crippen LogP contribution in [0.2, 0.25) is 0 Å². The highest BCUT2D eigenvalue weighted by atomic mass is 32.2. The number of hydrogen-bond acceptors (Lipinski definition) is 3. The zero-order chi connectivity index (χ0) is 13.3. The van der Waals surface area contributed by atoms with Crippen LogP contribution in [0.1, 0.15) is 40.5 Å². The summed E-state index contributed by atoms with van der Waals surface area (Å²) in [6.07, 6.45) is 1.95. The number of piperidine rings is 1. The van der Waals surface area contributed by atoms with Gasteiger partial charge in [0.2, 0.25) is 0 Å². The summed E-state index contributed by atoms with van der Waals surface area (Å²) in [5.41, 5.74) is 5.25. The second-order valence-electron chi connectivity index (χ2n) is 5.89. The van der Waals surface area contributed by atoms with Crippen LogP contribution in [0.5, 0.6) is 0 Å². The molecule has 102 valence electrons. The van der Waals surface area contributed by atoms with Crippen molar-refractivity contribution in [2.75, 3.05) is 13.1 Å². The average molecular weight is 263 g/mol. The van der Waals surface area contributed by atoms with Gasteiger partial charge in [-0.1, -0.05) is 6.92 Å². The van der Waals surface area contributed by atoms with Crippen LogP contribution in [0, 0.1) is 5.92 Å². The van der Waals surface area contributed by atoms with Gasteiger partial charge in [0.15, 0.2) is 0 Å². The molecule has 1 rings (SSSR count). The molecule has 0 aromatic carbocycles. The predicted octanol–water partition coefficient (Wildman–Crippen LogP) is 0.679. The van der Waals surface area contributed by atoms with Gasteiger partial charge in [0, 0.05) is 24.7 Å². The predicted molar refractivity (Wildman–Crippen MR) is 69.8 cm³/mol. The molecular weight excluding hydrogens is 238 g/mol. The molecule has 1 saturated heterocycles. The highest BCUT2D eigenvalue weighted by Gasteiger charge is 2.36. The summed E-state index contributed by atoms with van der Waals surface area (Å²) >= 11 is 0. The number of hydrogen-bond donors (Lipinski definition) is 2. The molecule has 2 unspecified atom stereocenters. The molecule has 1 heterocycles. The van der Waals surface area contributed by atoms with Gasteiger partial charge < -0.3 is 5.73 Å². The van der Waals surface area contributed by atoms with Crippen LogP contribution in [0.4, 0.5) is 0 Å². The zero-order valence-corrected chi connectivity index (χ0v) is 12.0. The maximum absolute atomic E-state index is 12.3. The molecule has 0 spiro atoms. The van der Waals surface area contributed by atoms with E-state index in [-0.39, 0.29) is 6.04 Å². The number of nitrogens with zero attached hydrogens (tertiary/aromatic N) is 1. The van der Waals surface area contributed by atoms with Gasteiger partial charge in [-0.05, 0) is 39.5 Å². The summed E-state index contributed by atoms with van der Waals surface area (Å²) in [6.45, 7) is 8.54. The number of nitrogens with one attached hydrogen (secondary N) is 1. The second-order valence-corrected chi connectivity index (χ2v) is 7.51. The van der Waals surface area contributed by atoms with Crippen molar-refractivity contribution < 1.29 is 8.42 Å². The summed E-state index contributed by atoms with van der Waals surface area (Å²) in [5.74, 6) is 0.324. The maximum atomic E-state index is 12.3. The Balaban J connectivity index is 2.89. The van der Waals surface area contributed by atoms with Gasteiger partial charge in [0.25, 0.3) is 10.2 Å². The van der Waals surface area contributed by atoms with Crippen LogP contribution in [0.15, 0.2) is 0 Å². The zero-order valence-electron chi connectivity index (χ0n) is 11.2. The van der Waals surface area contributed by atoms with Crippen LogP contribution in [-0.4, -0.2) is 37.4 Å². The Bertz CT molecular complexity index is 348. The van der Waals surface area contributed by atoms with Crippen molar-refractivity contribution in [2.24, 2.45) is 11.7 Å². The van der Waals surface area contributed by atoms with Crippen molar-refractivity contribution in [1.29, 1.82) is 0 Å². The van der Waals surface area contributed by atoms with E-state index in [2.05, 4.69) is 11.6 Å². The fourth-order valence-corrected chi connectivity index (χ4v) is 4.22. The molecule has 3 N–H and O–H groups in total. The molecular formula is C11H25N3O2S. The normalized spacial score (nSPS) is 28.3. The van der Waals surface area contributed by atoms with Crippen molar-refractivity contribution in [3.05, 3.63) is 0 Å². The summed E-state index contributed by atoms with van der Waals surface area (Å²) in [4.78, 5) is 0. The molecule has 0 saturated carbocycles. The molecule has 1 fully saturated rings.